The van der Waals surface area contributed by atoms with Gasteiger partial charge in [0, 0.05) is 37.3 Å². The van der Waals surface area contributed by atoms with E-state index in [2.05, 4.69) is 39.2 Å². The predicted octanol–water partition coefficient (Wildman–Crippen LogP) is 4.32. The van der Waals surface area contributed by atoms with Crippen LogP contribution in [0.1, 0.15) is 33.1 Å². The fourth-order valence-electron chi connectivity index (χ4n) is 3.88. The summed E-state index contributed by atoms with van der Waals surface area (Å²) in [6.45, 7) is 6.47. The van der Waals surface area contributed by atoms with Crippen LogP contribution < -0.4 is 10.2 Å². The quantitative estimate of drug-likeness (QED) is 0.593. The molecule has 2 aromatic heterocycles. The first-order chi connectivity index (χ1) is 15.5. The van der Waals surface area contributed by atoms with Gasteiger partial charge in [0.2, 0.25) is 11.7 Å². The second-order valence-corrected chi connectivity index (χ2v) is 8.54. The largest absolute Gasteiger partial charge is 0.356 e. The Morgan fingerprint density at radius 2 is 2.06 bits per heavy atom. The molecule has 1 fully saturated rings. The summed E-state index contributed by atoms with van der Waals surface area (Å²) in [4.78, 5) is 23.6. The van der Waals surface area contributed by atoms with Crippen molar-refractivity contribution in [1.29, 1.82) is 0 Å². The van der Waals surface area contributed by atoms with Gasteiger partial charge in [-0.25, -0.2) is 9.37 Å². The molecule has 1 saturated heterocycles. The van der Waals surface area contributed by atoms with Gasteiger partial charge >= 0.3 is 0 Å². The van der Waals surface area contributed by atoms with Gasteiger partial charge in [-0.1, -0.05) is 31.1 Å². The molecule has 1 amide bonds. The number of aromatic nitrogens is 3. The van der Waals surface area contributed by atoms with Gasteiger partial charge in [0.05, 0.1) is 5.56 Å². The minimum atomic E-state index is -0.355. The number of hydrogen-bond acceptors (Lipinski definition) is 6. The van der Waals surface area contributed by atoms with E-state index in [0.29, 0.717) is 23.2 Å². The number of hydrogen-bond donors (Lipinski definition) is 1. The predicted molar refractivity (Wildman–Crippen MR) is 120 cm³/mol. The minimum absolute atomic E-state index is 0.0218. The minimum Gasteiger partial charge on any atom is -0.356 e. The second-order valence-electron chi connectivity index (χ2n) is 8.54. The van der Waals surface area contributed by atoms with E-state index in [4.69, 9.17) is 4.52 Å². The van der Waals surface area contributed by atoms with Crippen molar-refractivity contribution in [2.24, 2.45) is 11.8 Å². The average molecular weight is 438 g/mol. The van der Waals surface area contributed by atoms with Gasteiger partial charge in [-0.3, -0.25) is 4.79 Å². The summed E-state index contributed by atoms with van der Waals surface area (Å²) in [5, 5.41) is 7.08. The molecule has 0 unspecified atom stereocenters. The Morgan fingerprint density at radius 3 is 2.81 bits per heavy atom. The Hall–Kier alpha value is -3.29. The number of anilines is 1. The molecule has 1 aliphatic heterocycles. The van der Waals surface area contributed by atoms with Crippen molar-refractivity contribution < 1.29 is 13.7 Å². The first-order valence-electron chi connectivity index (χ1n) is 11.1. The standard InChI is InChI=1S/C24H28FN5O2/c1-16(2)8-12-27-23(31)17-9-13-30(14-10-17)22-20(7-4-11-26-22)24-28-21(29-32-24)18-5-3-6-19(25)15-18/h3-7,11,15-17H,8-10,12-14H2,1-2H3,(H,27,31). The molecule has 0 aliphatic carbocycles. The zero-order valence-electron chi connectivity index (χ0n) is 18.4. The molecule has 32 heavy (non-hydrogen) atoms. The third-order valence-corrected chi connectivity index (χ3v) is 5.71. The smallest absolute Gasteiger partial charge is 0.261 e. The fourth-order valence-corrected chi connectivity index (χ4v) is 3.88. The van der Waals surface area contributed by atoms with Crippen LogP contribution in [0.2, 0.25) is 0 Å². The molecule has 1 aliphatic rings. The Bertz CT molecular complexity index is 1060. The molecule has 0 atom stereocenters. The molecule has 1 N–H and O–H groups in total. The number of nitrogens with one attached hydrogen (secondary N) is 1. The van der Waals surface area contributed by atoms with E-state index in [0.717, 1.165) is 50.3 Å². The molecule has 1 aromatic carbocycles. The number of rotatable bonds is 7. The lowest BCUT2D eigenvalue weighted by Crippen LogP contribution is -2.41. The molecule has 3 heterocycles. The topological polar surface area (TPSA) is 84.2 Å². The van der Waals surface area contributed by atoms with E-state index < -0.39 is 0 Å². The van der Waals surface area contributed by atoms with Gasteiger partial charge in [0.25, 0.3) is 5.89 Å². The van der Waals surface area contributed by atoms with E-state index in [1.807, 2.05) is 12.1 Å². The Morgan fingerprint density at radius 1 is 1.25 bits per heavy atom. The van der Waals surface area contributed by atoms with Gasteiger partial charge in [-0.05, 0) is 49.4 Å². The van der Waals surface area contributed by atoms with E-state index in [1.165, 1.54) is 12.1 Å². The SMILES string of the molecule is CC(C)CCNC(=O)C1CCN(c2ncccc2-c2nc(-c3cccc(F)c3)no2)CC1. The number of amides is 1. The highest BCUT2D eigenvalue weighted by Gasteiger charge is 2.27. The molecule has 168 valence electrons. The second kappa shape index (κ2) is 9.89. The molecule has 0 spiro atoms. The van der Waals surface area contributed by atoms with Crippen LogP contribution >= 0.6 is 0 Å². The van der Waals surface area contributed by atoms with Gasteiger partial charge < -0.3 is 14.7 Å². The van der Waals surface area contributed by atoms with Gasteiger partial charge in [0.15, 0.2) is 0 Å². The van der Waals surface area contributed by atoms with Crippen LogP contribution in [0.3, 0.4) is 0 Å². The van der Waals surface area contributed by atoms with Crippen molar-refractivity contribution in [3.8, 4) is 22.8 Å². The number of nitrogens with zero attached hydrogens (tertiary/aromatic N) is 4. The van der Waals surface area contributed by atoms with Crippen molar-refractivity contribution in [3.05, 3.63) is 48.4 Å². The lowest BCUT2D eigenvalue weighted by molar-refractivity contribution is -0.125. The fraction of sp³-hybridized carbons (Fsp3) is 0.417. The van der Waals surface area contributed by atoms with Crippen LogP contribution in [0.5, 0.6) is 0 Å². The number of pyridine rings is 1. The van der Waals surface area contributed by atoms with E-state index >= 15 is 0 Å². The zero-order valence-corrected chi connectivity index (χ0v) is 18.4. The zero-order chi connectivity index (χ0) is 22.5. The molecule has 0 bridgehead atoms. The molecule has 0 saturated carbocycles. The summed E-state index contributed by atoms with van der Waals surface area (Å²) in [5.41, 5.74) is 1.28. The lowest BCUT2D eigenvalue weighted by Gasteiger charge is -2.32. The third-order valence-electron chi connectivity index (χ3n) is 5.71. The third kappa shape index (κ3) is 5.12. The average Bonchev–Trinajstić information content (AvgIpc) is 3.29. The van der Waals surface area contributed by atoms with Crippen molar-refractivity contribution >= 4 is 11.7 Å². The van der Waals surface area contributed by atoms with Crippen LogP contribution in [-0.4, -0.2) is 40.7 Å². The van der Waals surface area contributed by atoms with Gasteiger partial charge in [-0.15, -0.1) is 0 Å². The number of piperidine rings is 1. The first kappa shape index (κ1) is 21.9. The van der Waals surface area contributed by atoms with Crippen LogP contribution in [0.25, 0.3) is 22.8 Å². The van der Waals surface area contributed by atoms with Crippen LogP contribution in [0, 0.1) is 17.7 Å². The highest BCUT2D eigenvalue weighted by Crippen LogP contribution is 2.32. The molecule has 3 aromatic rings. The van der Waals surface area contributed by atoms with E-state index in [9.17, 15) is 9.18 Å². The Kier molecular flexibility index (Phi) is 6.78. The molecule has 4 rings (SSSR count). The number of benzene rings is 1. The molecular formula is C24H28FN5O2. The Balaban J connectivity index is 1.44. The summed E-state index contributed by atoms with van der Waals surface area (Å²) in [6.07, 6.45) is 4.25. The molecule has 0 radical (unpaired) electrons. The summed E-state index contributed by atoms with van der Waals surface area (Å²) in [7, 11) is 0. The maximum absolute atomic E-state index is 13.6. The maximum atomic E-state index is 13.6. The highest BCUT2D eigenvalue weighted by molar-refractivity contribution is 5.79. The maximum Gasteiger partial charge on any atom is 0.261 e. The van der Waals surface area contributed by atoms with Crippen LogP contribution in [0.4, 0.5) is 10.2 Å². The monoisotopic (exact) mass is 437 g/mol. The summed E-state index contributed by atoms with van der Waals surface area (Å²) in [6, 6.07) is 9.79. The highest BCUT2D eigenvalue weighted by atomic mass is 19.1. The van der Waals surface area contributed by atoms with Gasteiger partial charge in [-0.2, -0.15) is 4.98 Å². The molecular weight excluding hydrogens is 409 g/mol. The number of carbonyl (C=O) groups excluding carboxylic acids is 1. The van der Waals surface area contributed by atoms with E-state index in [-0.39, 0.29) is 17.6 Å². The molecule has 8 heteroatoms. The van der Waals surface area contributed by atoms with Crippen molar-refractivity contribution in [1.82, 2.24) is 20.4 Å². The van der Waals surface area contributed by atoms with Crippen molar-refractivity contribution in [2.75, 3.05) is 24.5 Å². The van der Waals surface area contributed by atoms with Crippen LogP contribution in [-0.2, 0) is 4.79 Å². The van der Waals surface area contributed by atoms with Crippen molar-refractivity contribution in [2.45, 2.75) is 33.1 Å². The number of halogens is 1. The summed E-state index contributed by atoms with van der Waals surface area (Å²) >= 11 is 0. The summed E-state index contributed by atoms with van der Waals surface area (Å²) in [5.74, 6) is 1.79. The van der Waals surface area contributed by atoms with Crippen LogP contribution in [0.15, 0.2) is 47.1 Å². The summed E-state index contributed by atoms with van der Waals surface area (Å²) < 4.78 is 19.0. The van der Waals surface area contributed by atoms with E-state index in [1.54, 1.807) is 18.3 Å². The normalized spacial score (nSPS) is 14.7. The Labute approximate surface area is 187 Å². The van der Waals surface area contributed by atoms with Gasteiger partial charge in [0.1, 0.15) is 11.6 Å². The van der Waals surface area contributed by atoms with Crippen molar-refractivity contribution in [3.63, 3.8) is 0 Å². The number of carbonyl (C=O) groups is 1. The first-order valence-corrected chi connectivity index (χ1v) is 11.1. The lowest BCUT2D eigenvalue weighted by atomic mass is 9.95. The molecule has 7 nitrogen and oxygen atoms in total.